The molecule has 1 rings (SSSR count). The fraction of sp³-hybridized carbons (Fsp3) is 0.647. The second-order valence-corrected chi connectivity index (χ2v) is 5.39. The quantitative estimate of drug-likeness (QED) is 0.748. The fourth-order valence-electron chi connectivity index (χ4n) is 2.17. The molecule has 114 valence electrons. The zero-order valence-corrected chi connectivity index (χ0v) is 13.3. The molecule has 1 aromatic carbocycles. The van der Waals surface area contributed by atoms with Gasteiger partial charge in [0.05, 0.1) is 13.2 Å². The molecule has 0 bridgehead atoms. The Morgan fingerprint density at radius 2 is 1.75 bits per heavy atom. The lowest BCUT2D eigenvalue weighted by molar-refractivity contribution is 0.225. The average molecular weight is 279 g/mol. The van der Waals surface area contributed by atoms with Crippen molar-refractivity contribution in [2.45, 2.75) is 53.0 Å². The lowest BCUT2D eigenvalue weighted by Crippen LogP contribution is -2.17. The van der Waals surface area contributed by atoms with Gasteiger partial charge in [-0.15, -0.1) is 0 Å². The smallest absolute Gasteiger partial charge is 0.161 e. The summed E-state index contributed by atoms with van der Waals surface area (Å²) in [6, 6.07) is 6.29. The molecule has 0 aliphatic heterocycles. The summed E-state index contributed by atoms with van der Waals surface area (Å²) in [5, 5.41) is 0. The molecule has 0 fully saturated rings. The first-order valence-electron chi connectivity index (χ1n) is 7.74. The topological polar surface area (TPSA) is 44.5 Å². The Labute approximate surface area is 123 Å². The minimum Gasteiger partial charge on any atom is -0.490 e. The first kappa shape index (κ1) is 16.8. The Balaban J connectivity index is 2.78. The van der Waals surface area contributed by atoms with Crippen molar-refractivity contribution in [1.82, 2.24) is 0 Å². The van der Waals surface area contributed by atoms with Crippen LogP contribution in [0.4, 0.5) is 0 Å². The van der Waals surface area contributed by atoms with Crippen molar-refractivity contribution in [3.05, 3.63) is 23.8 Å². The van der Waals surface area contributed by atoms with Gasteiger partial charge in [0.1, 0.15) is 0 Å². The maximum atomic E-state index is 5.94. The van der Waals surface area contributed by atoms with Gasteiger partial charge in [-0.2, -0.15) is 0 Å². The van der Waals surface area contributed by atoms with Crippen LogP contribution >= 0.6 is 0 Å². The first-order chi connectivity index (χ1) is 9.60. The third-order valence-electron chi connectivity index (χ3n) is 3.49. The van der Waals surface area contributed by atoms with Gasteiger partial charge in [-0.25, -0.2) is 0 Å². The van der Waals surface area contributed by atoms with Gasteiger partial charge in [0.25, 0.3) is 0 Å². The molecule has 20 heavy (non-hydrogen) atoms. The molecule has 1 atom stereocenters. The van der Waals surface area contributed by atoms with E-state index in [9.17, 15) is 0 Å². The van der Waals surface area contributed by atoms with Gasteiger partial charge < -0.3 is 15.2 Å². The zero-order chi connectivity index (χ0) is 15.0. The number of rotatable bonds is 9. The van der Waals surface area contributed by atoms with E-state index < -0.39 is 0 Å². The Bertz CT molecular complexity index is 387. The molecule has 2 N–H and O–H groups in total. The summed E-state index contributed by atoms with van der Waals surface area (Å²) < 4.78 is 11.6. The zero-order valence-electron chi connectivity index (χ0n) is 13.3. The van der Waals surface area contributed by atoms with Crippen LogP contribution in [-0.2, 0) is 6.42 Å². The third kappa shape index (κ3) is 5.41. The lowest BCUT2D eigenvalue weighted by Gasteiger charge is -2.17. The molecule has 0 heterocycles. The molecule has 1 aromatic rings. The summed E-state index contributed by atoms with van der Waals surface area (Å²) in [4.78, 5) is 0. The van der Waals surface area contributed by atoms with E-state index in [1.807, 2.05) is 19.9 Å². The summed E-state index contributed by atoms with van der Waals surface area (Å²) in [6.07, 6.45) is 3.14. The van der Waals surface area contributed by atoms with Crippen molar-refractivity contribution in [2.75, 3.05) is 13.2 Å². The van der Waals surface area contributed by atoms with Crippen molar-refractivity contribution in [3.8, 4) is 11.5 Å². The molecule has 0 radical (unpaired) electrons. The number of ether oxygens (including phenoxy) is 2. The highest BCUT2D eigenvalue weighted by Gasteiger charge is 2.10. The van der Waals surface area contributed by atoms with Crippen molar-refractivity contribution < 1.29 is 9.47 Å². The van der Waals surface area contributed by atoms with Gasteiger partial charge in [0.15, 0.2) is 11.5 Å². The minimum absolute atomic E-state index is 0.154. The van der Waals surface area contributed by atoms with Crippen molar-refractivity contribution in [1.29, 1.82) is 0 Å². The normalized spacial score (nSPS) is 12.5. The number of nitrogens with two attached hydrogens (primary N) is 1. The van der Waals surface area contributed by atoms with Crippen LogP contribution in [0, 0.1) is 5.92 Å². The lowest BCUT2D eigenvalue weighted by atomic mass is 10.1. The van der Waals surface area contributed by atoms with Crippen LogP contribution in [0.3, 0.4) is 0 Å². The summed E-state index contributed by atoms with van der Waals surface area (Å²) in [5.74, 6) is 2.27. The highest BCUT2D eigenvalue weighted by molar-refractivity contribution is 5.43. The van der Waals surface area contributed by atoms with Crippen LogP contribution in [0.1, 0.15) is 46.1 Å². The van der Waals surface area contributed by atoms with Crippen molar-refractivity contribution >= 4 is 0 Å². The van der Waals surface area contributed by atoms with E-state index in [1.165, 1.54) is 5.56 Å². The van der Waals surface area contributed by atoms with E-state index >= 15 is 0 Å². The van der Waals surface area contributed by atoms with E-state index in [-0.39, 0.29) is 6.04 Å². The highest BCUT2D eigenvalue weighted by Crippen LogP contribution is 2.29. The molecular formula is C17H29NO2. The summed E-state index contributed by atoms with van der Waals surface area (Å²) >= 11 is 0. The van der Waals surface area contributed by atoms with Gasteiger partial charge in [-0.05, 0) is 43.9 Å². The molecule has 1 unspecified atom stereocenters. The second-order valence-electron chi connectivity index (χ2n) is 5.39. The first-order valence-corrected chi connectivity index (χ1v) is 7.74. The molecule has 0 aliphatic carbocycles. The Morgan fingerprint density at radius 1 is 1.05 bits per heavy atom. The predicted molar refractivity (Wildman–Crippen MR) is 84.5 cm³/mol. The molecule has 0 saturated carbocycles. The van der Waals surface area contributed by atoms with E-state index in [2.05, 4.69) is 26.0 Å². The monoisotopic (exact) mass is 279 g/mol. The number of hydrogen-bond acceptors (Lipinski definition) is 3. The third-order valence-corrected chi connectivity index (χ3v) is 3.49. The Morgan fingerprint density at radius 3 is 2.30 bits per heavy atom. The Hall–Kier alpha value is -1.22. The van der Waals surface area contributed by atoms with E-state index in [1.54, 1.807) is 0 Å². The summed E-state index contributed by atoms with van der Waals surface area (Å²) in [6.45, 7) is 9.79. The second kappa shape index (κ2) is 8.85. The van der Waals surface area contributed by atoms with E-state index in [0.29, 0.717) is 12.5 Å². The maximum Gasteiger partial charge on any atom is 0.161 e. The summed E-state index contributed by atoms with van der Waals surface area (Å²) in [7, 11) is 0. The average Bonchev–Trinajstić information content (AvgIpc) is 2.41. The number of benzene rings is 1. The largest absolute Gasteiger partial charge is 0.490 e. The van der Waals surface area contributed by atoms with Crippen LogP contribution in [0.25, 0.3) is 0 Å². The molecular weight excluding hydrogens is 250 g/mol. The van der Waals surface area contributed by atoms with Crippen molar-refractivity contribution in [2.24, 2.45) is 11.7 Å². The SMILES string of the molecule is CCOc1cc(CC(C)N)ccc1OCC(CC)CC. The van der Waals surface area contributed by atoms with Crippen LogP contribution in [0.15, 0.2) is 18.2 Å². The van der Waals surface area contributed by atoms with Crippen LogP contribution in [0.5, 0.6) is 11.5 Å². The van der Waals surface area contributed by atoms with Crippen LogP contribution in [-0.4, -0.2) is 19.3 Å². The van der Waals surface area contributed by atoms with Gasteiger partial charge >= 0.3 is 0 Å². The summed E-state index contributed by atoms with van der Waals surface area (Å²) in [5.41, 5.74) is 7.04. The van der Waals surface area contributed by atoms with Gasteiger partial charge in [0.2, 0.25) is 0 Å². The van der Waals surface area contributed by atoms with E-state index in [4.69, 9.17) is 15.2 Å². The van der Waals surface area contributed by atoms with Gasteiger partial charge in [-0.3, -0.25) is 0 Å². The van der Waals surface area contributed by atoms with Gasteiger partial charge in [-0.1, -0.05) is 32.8 Å². The fourth-order valence-corrected chi connectivity index (χ4v) is 2.17. The minimum atomic E-state index is 0.154. The molecule has 0 amide bonds. The molecule has 0 saturated heterocycles. The molecule has 3 heteroatoms. The molecule has 3 nitrogen and oxygen atoms in total. The molecule has 0 spiro atoms. The Kier molecular flexibility index (Phi) is 7.45. The predicted octanol–water partition coefficient (Wildman–Crippen LogP) is 3.79. The maximum absolute atomic E-state index is 5.94. The van der Waals surface area contributed by atoms with Crippen LogP contribution in [0.2, 0.25) is 0 Å². The number of hydrogen-bond donors (Lipinski definition) is 1. The molecule has 0 aromatic heterocycles. The van der Waals surface area contributed by atoms with Gasteiger partial charge in [0, 0.05) is 6.04 Å². The standard InChI is InChI=1S/C17H29NO2/c1-5-14(6-2)12-20-16-9-8-15(10-13(4)18)11-17(16)19-7-3/h8-9,11,13-14H,5-7,10,12,18H2,1-4H3. The highest BCUT2D eigenvalue weighted by atomic mass is 16.5. The molecule has 0 aliphatic rings. The van der Waals surface area contributed by atoms with Crippen molar-refractivity contribution in [3.63, 3.8) is 0 Å². The van der Waals surface area contributed by atoms with Crippen LogP contribution < -0.4 is 15.2 Å². The van der Waals surface area contributed by atoms with E-state index in [0.717, 1.165) is 37.4 Å².